The molecule has 96 valence electrons. The lowest BCUT2D eigenvalue weighted by molar-refractivity contribution is 0.266. The molecule has 0 spiro atoms. The first-order chi connectivity index (χ1) is 7.85. The second-order valence-electron chi connectivity index (χ2n) is 5.04. The largest absolute Gasteiger partial charge is 0.394 e. The minimum atomic E-state index is -0.389. The maximum atomic E-state index is 11.7. The quantitative estimate of drug-likeness (QED) is 0.857. The van der Waals surface area contributed by atoms with E-state index in [9.17, 15) is 4.79 Å². The van der Waals surface area contributed by atoms with E-state index in [4.69, 9.17) is 16.7 Å². The van der Waals surface area contributed by atoms with Crippen LogP contribution < -0.4 is 10.9 Å². The Morgan fingerprint density at radius 2 is 2.18 bits per heavy atom. The van der Waals surface area contributed by atoms with E-state index in [0.29, 0.717) is 12.2 Å². The van der Waals surface area contributed by atoms with E-state index in [1.807, 2.05) is 0 Å². The highest BCUT2D eigenvalue weighted by Crippen LogP contribution is 2.19. The predicted molar refractivity (Wildman–Crippen MR) is 68.5 cm³/mol. The van der Waals surface area contributed by atoms with Crippen molar-refractivity contribution in [2.24, 2.45) is 5.41 Å². The monoisotopic (exact) mass is 259 g/mol. The molecule has 5 nitrogen and oxygen atoms in total. The van der Waals surface area contributed by atoms with E-state index in [1.54, 1.807) is 0 Å². The minimum Gasteiger partial charge on any atom is -0.394 e. The molecule has 0 bridgehead atoms. The maximum Gasteiger partial charge on any atom is 0.287 e. The second-order valence-corrected chi connectivity index (χ2v) is 5.42. The molecule has 0 radical (unpaired) electrons. The van der Waals surface area contributed by atoms with Crippen LogP contribution in [-0.2, 0) is 6.54 Å². The molecule has 17 heavy (non-hydrogen) atoms. The Balaban J connectivity index is 2.89. The number of nitrogens with zero attached hydrogens (tertiary/aromatic N) is 2. The zero-order valence-corrected chi connectivity index (χ0v) is 11.1. The Hall–Kier alpha value is -1.07. The van der Waals surface area contributed by atoms with Crippen molar-refractivity contribution in [3.8, 4) is 0 Å². The van der Waals surface area contributed by atoms with Gasteiger partial charge < -0.3 is 10.4 Å². The number of aliphatic hydroxyl groups is 1. The summed E-state index contributed by atoms with van der Waals surface area (Å²) in [5.74, 6) is 0. The molecule has 0 aliphatic carbocycles. The van der Waals surface area contributed by atoms with Crippen molar-refractivity contribution < 1.29 is 5.11 Å². The summed E-state index contributed by atoms with van der Waals surface area (Å²) >= 11 is 5.95. The molecule has 1 aromatic heterocycles. The Morgan fingerprint density at radius 1 is 1.53 bits per heavy atom. The smallest absolute Gasteiger partial charge is 0.287 e. The molecule has 1 aromatic rings. The van der Waals surface area contributed by atoms with Crippen LogP contribution in [0.3, 0.4) is 0 Å². The molecule has 0 amide bonds. The standard InChI is InChI=1S/C11H18ClN3O2/c1-11(2,3)7-13-8-6-14-15(4-5-16)10(17)9(8)12/h6,13,16H,4-5,7H2,1-3H3. The SMILES string of the molecule is CC(C)(C)CNc1cnn(CCO)c(=O)c1Cl. The fourth-order valence-electron chi connectivity index (χ4n) is 1.20. The van der Waals surface area contributed by atoms with Gasteiger partial charge in [0.2, 0.25) is 0 Å². The molecular formula is C11H18ClN3O2. The van der Waals surface area contributed by atoms with Gasteiger partial charge in [0.05, 0.1) is 25.0 Å². The fourth-order valence-corrected chi connectivity index (χ4v) is 1.42. The number of hydrogen-bond acceptors (Lipinski definition) is 4. The van der Waals surface area contributed by atoms with Gasteiger partial charge in [-0.05, 0) is 5.41 Å². The summed E-state index contributed by atoms with van der Waals surface area (Å²) in [4.78, 5) is 11.7. The summed E-state index contributed by atoms with van der Waals surface area (Å²) in [6.45, 7) is 6.94. The molecule has 1 rings (SSSR count). The van der Waals surface area contributed by atoms with Gasteiger partial charge in [-0.2, -0.15) is 5.10 Å². The first-order valence-electron chi connectivity index (χ1n) is 5.45. The van der Waals surface area contributed by atoms with E-state index in [0.717, 1.165) is 4.68 Å². The maximum absolute atomic E-state index is 11.7. The Kier molecular flexibility index (Phi) is 4.54. The molecule has 6 heteroatoms. The van der Waals surface area contributed by atoms with Gasteiger partial charge in [0, 0.05) is 6.54 Å². The lowest BCUT2D eigenvalue weighted by Gasteiger charge is -2.20. The zero-order valence-electron chi connectivity index (χ0n) is 10.3. The highest BCUT2D eigenvalue weighted by atomic mass is 35.5. The number of nitrogens with one attached hydrogen (secondary N) is 1. The van der Waals surface area contributed by atoms with E-state index < -0.39 is 0 Å². The van der Waals surface area contributed by atoms with Crippen molar-refractivity contribution >= 4 is 17.3 Å². The third-order valence-corrected chi connectivity index (χ3v) is 2.47. The molecule has 0 saturated heterocycles. The second kappa shape index (κ2) is 5.51. The van der Waals surface area contributed by atoms with Gasteiger partial charge >= 0.3 is 0 Å². The molecule has 0 aromatic carbocycles. The van der Waals surface area contributed by atoms with Gasteiger partial charge in [0.25, 0.3) is 5.56 Å². The highest BCUT2D eigenvalue weighted by Gasteiger charge is 2.13. The lowest BCUT2D eigenvalue weighted by Crippen LogP contribution is -2.27. The van der Waals surface area contributed by atoms with Gasteiger partial charge in [-0.1, -0.05) is 32.4 Å². The normalized spacial score (nSPS) is 11.6. The van der Waals surface area contributed by atoms with Crippen molar-refractivity contribution in [3.05, 3.63) is 21.6 Å². The Bertz CT molecular complexity index is 437. The average Bonchev–Trinajstić information content (AvgIpc) is 2.23. The van der Waals surface area contributed by atoms with Crippen LogP contribution in [-0.4, -0.2) is 28.0 Å². The number of hydrogen-bond donors (Lipinski definition) is 2. The first-order valence-corrected chi connectivity index (χ1v) is 5.83. The van der Waals surface area contributed by atoms with Crippen LogP contribution in [0.4, 0.5) is 5.69 Å². The molecule has 0 fully saturated rings. The molecule has 0 atom stereocenters. The van der Waals surface area contributed by atoms with Crippen LogP contribution in [0.2, 0.25) is 5.02 Å². The highest BCUT2D eigenvalue weighted by molar-refractivity contribution is 6.32. The predicted octanol–water partition coefficient (Wildman–Crippen LogP) is 1.35. The molecule has 0 aliphatic heterocycles. The van der Waals surface area contributed by atoms with E-state index in [2.05, 4.69) is 31.2 Å². The number of anilines is 1. The summed E-state index contributed by atoms with van der Waals surface area (Å²) in [6, 6.07) is 0. The average molecular weight is 260 g/mol. The first kappa shape index (κ1) is 14.0. The summed E-state index contributed by atoms with van der Waals surface area (Å²) in [5, 5.41) is 15.9. The summed E-state index contributed by atoms with van der Waals surface area (Å²) in [5.41, 5.74) is 0.226. The fraction of sp³-hybridized carbons (Fsp3) is 0.636. The number of aliphatic hydroxyl groups excluding tert-OH is 1. The van der Waals surface area contributed by atoms with Crippen LogP contribution >= 0.6 is 11.6 Å². The lowest BCUT2D eigenvalue weighted by atomic mass is 9.97. The van der Waals surface area contributed by atoms with Crippen molar-refractivity contribution in [2.45, 2.75) is 27.3 Å². The Morgan fingerprint density at radius 3 is 2.71 bits per heavy atom. The molecule has 2 N–H and O–H groups in total. The van der Waals surface area contributed by atoms with Gasteiger partial charge in [-0.3, -0.25) is 4.79 Å². The van der Waals surface area contributed by atoms with Crippen molar-refractivity contribution in [1.82, 2.24) is 9.78 Å². The molecule has 1 heterocycles. The van der Waals surface area contributed by atoms with E-state index in [-0.39, 0.29) is 29.1 Å². The van der Waals surface area contributed by atoms with Crippen molar-refractivity contribution in [1.29, 1.82) is 0 Å². The molecule has 0 aliphatic rings. The molecule has 0 saturated carbocycles. The number of halogens is 1. The van der Waals surface area contributed by atoms with E-state index in [1.165, 1.54) is 6.20 Å². The van der Waals surface area contributed by atoms with Crippen molar-refractivity contribution in [2.75, 3.05) is 18.5 Å². The number of rotatable bonds is 4. The molecule has 0 unspecified atom stereocenters. The topological polar surface area (TPSA) is 67.2 Å². The van der Waals surface area contributed by atoms with Crippen LogP contribution in [0.5, 0.6) is 0 Å². The Labute approximate surface area is 105 Å². The van der Waals surface area contributed by atoms with E-state index >= 15 is 0 Å². The number of aromatic nitrogens is 2. The van der Waals surface area contributed by atoms with Crippen LogP contribution in [0.15, 0.2) is 11.0 Å². The van der Waals surface area contributed by atoms with Crippen LogP contribution in [0.1, 0.15) is 20.8 Å². The van der Waals surface area contributed by atoms with Crippen LogP contribution in [0, 0.1) is 5.41 Å². The third-order valence-electron chi connectivity index (χ3n) is 2.11. The third kappa shape index (κ3) is 4.02. The van der Waals surface area contributed by atoms with Gasteiger partial charge in [-0.25, -0.2) is 4.68 Å². The van der Waals surface area contributed by atoms with Crippen LogP contribution in [0.25, 0.3) is 0 Å². The zero-order chi connectivity index (χ0) is 13.1. The van der Waals surface area contributed by atoms with Crippen molar-refractivity contribution in [3.63, 3.8) is 0 Å². The van der Waals surface area contributed by atoms with Gasteiger partial charge in [0.1, 0.15) is 5.02 Å². The summed E-state index contributed by atoms with van der Waals surface area (Å²) in [7, 11) is 0. The summed E-state index contributed by atoms with van der Waals surface area (Å²) < 4.78 is 1.14. The van der Waals surface area contributed by atoms with Gasteiger partial charge in [-0.15, -0.1) is 0 Å². The minimum absolute atomic E-state index is 0.0866. The van der Waals surface area contributed by atoms with Gasteiger partial charge in [0.15, 0.2) is 0 Å². The molecular weight excluding hydrogens is 242 g/mol. The summed E-state index contributed by atoms with van der Waals surface area (Å²) in [6.07, 6.45) is 1.51.